The number of carboxylic acid groups (broad SMARTS) is 1. The van der Waals surface area contributed by atoms with Crippen LogP contribution in [-0.4, -0.2) is 24.1 Å². The number of carbonyl (C=O) groups is 2. The number of amides is 1. The predicted octanol–water partition coefficient (Wildman–Crippen LogP) is 2.76. The van der Waals surface area contributed by atoms with Gasteiger partial charge in [-0.2, -0.15) is 0 Å². The lowest BCUT2D eigenvalue weighted by Crippen LogP contribution is -2.32. The van der Waals surface area contributed by atoms with Gasteiger partial charge in [0.05, 0.1) is 19.6 Å². The molecule has 0 aliphatic heterocycles. The van der Waals surface area contributed by atoms with Crippen LogP contribution in [0.2, 0.25) is 0 Å². The van der Waals surface area contributed by atoms with Crippen LogP contribution in [0.25, 0.3) is 0 Å². The maximum absolute atomic E-state index is 12.1. The first-order valence-electron chi connectivity index (χ1n) is 6.89. The van der Waals surface area contributed by atoms with Crippen LogP contribution in [-0.2, 0) is 9.59 Å². The Morgan fingerprint density at radius 3 is 2.48 bits per heavy atom. The maximum atomic E-state index is 12.1. The quantitative estimate of drug-likeness (QED) is 0.810. The van der Waals surface area contributed by atoms with Crippen LogP contribution >= 0.6 is 0 Å². The summed E-state index contributed by atoms with van der Waals surface area (Å²) in [6.07, 6.45) is 0.127. The van der Waals surface area contributed by atoms with E-state index in [0.717, 1.165) is 11.3 Å². The van der Waals surface area contributed by atoms with Gasteiger partial charge in [0.25, 0.3) is 0 Å². The molecule has 2 N–H and O–H groups in total. The van der Waals surface area contributed by atoms with Crippen molar-refractivity contribution in [3.63, 3.8) is 0 Å². The molecule has 0 spiro atoms. The Labute approximate surface area is 125 Å². The molecule has 5 heteroatoms. The minimum Gasteiger partial charge on any atom is -0.496 e. The molecule has 1 aromatic rings. The third kappa shape index (κ3) is 5.45. The molecule has 21 heavy (non-hydrogen) atoms. The highest BCUT2D eigenvalue weighted by atomic mass is 16.5. The molecule has 0 bridgehead atoms. The number of benzene rings is 1. The summed E-state index contributed by atoms with van der Waals surface area (Å²) in [6.45, 7) is 5.42. The Bertz CT molecular complexity index is 511. The largest absolute Gasteiger partial charge is 0.496 e. The van der Waals surface area contributed by atoms with E-state index in [1.807, 2.05) is 31.2 Å². The number of rotatable bonds is 7. The fourth-order valence-corrected chi connectivity index (χ4v) is 2.30. The van der Waals surface area contributed by atoms with Crippen molar-refractivity contribution in [3.8, 4) is 5.75 Å². The number of carbonyl (C=O) groups excluding carboxylic acids is 1. The van der Waals surface area contributed by atoms with Gasteiger partial charge in [-0.1, -0.05) is 32.0 Å². The smallest absolute Gasteiger partial charge is 0.303 e. The molecule has 0 aliphatic rings. The Morgan fingerprint density at radius 2 is 1.90 bits per heavy atom. The summed E-state index contributed by atoms with van der Waals surface area (Å²) in [7, 11) is 1.59. The molecule has 0 aromatic heterocycles. The Kier molecular flexibility index (Phi) is 5.76. The van der Waals surface area contributed by atoms with Crippen LogP contribution in [0.15, 0.2) is 24.3 Å². The zero-order valence-corrected chi connectivity index (χ0v) is 13.0. The fraction of sp³-hybridized carbons (Fsp3) is 0.500. The highest BCUT2D eigenvalue weighted by Crippen LogP contribution is 2.27. The second-order valence-corrected chi connectivity index (χ2v) is 5.94. The van der Waals surface area contributed by atoms with Crippen LogP contribution in [0.1, 0.15) is 45.2 Å². The maximum Gasteiger partial charge on any atom is 0.303 e. The minimum atomic E-state index is -0.898. The summed E-state index contributed by atoms with van der Waals surface area (Å²) >= 11 is 0. The molecule has 5 nitrogen and oxygen atoms in total. The molecule has 0 aliphatic carbocycles. The zero-order valence-electron chi connectivity index (χ0n) is 13.0. The topological polar surface area (TPSA) is 75.6 Å². The molecular weight excluding hydrogens is 270 g/mol. The monoisotopic (exact) mass is 293 g/mol. The molecule has 0 unspecified atom stereocenters. The molecule has 0 fully saturated rings. The van der Waals surface area contributed by atoms with Gasteiger partial charge in [0.1, 0.15) is 5.75 Å². The highest BCUT2D eigenvalue weighted by molar-refractivity contribution is 5.78. The third-order valence-electron chi connectivity index (χ3n) is 3.25. The van der Waals surface area contributed by atoms with Gasteiger partial charge in [0, 0.05) is 12.0 Å². The molecule has 1 atom stereocenters. The lowest BCUT2D eigenvalue weighted by atomic mass is 9.85. The van der Waals surface area contributed by atoms with Gasteiger partial charge in [0.2, 0.25) is 5.91 Å². The predicted molar refractivity (Wildman–Crippen MR) is 80.2 cm³/mol. The van der Waals surface area contributed by atoms with E-state index in [1.54, 1.807) is 21.0 Å². The van der Waals surface area contributed by atoms with Gasteiger partial charge in [-0.05, 0) is 18.4 Å². The van der Waals surface area contributed by atoms with Gasteiger partial charge in [-0.3, -0.25) is 9.59 Å². The van der Waals surface area contributed by atoms with Gasteiger partial charge in [-0.25, -0.2) is 0 Å². The van der Waals surface area contributed by atoms with E-state index in [-0.39, 0.29) is 24.8 Å². The van der Waals surface area contributed by atoms with Gasteiger partial charge in [-0.15, -0.1) is 0 Å². The number of aliphatic carboxylic acids is 1. The number of nitrogens with one attached hydrogen (secondary N) is 1. The SMILES string of the molecule is COc1ccccc1[C@@H](C)NC(=O)CC(C)(C)CC(=O)O. The van der Waals surface area contributed by atoms with E-state index in [0.29, 0.717) is 0 Å². The van der Waals surface area contributed by atoms with Crippen molar-refractivity contribution in [2.24, 2.45) is 5.41 Å². The van der Waals surface area contributed by atoms with E-state index in [1.165, 1.54) is 0 Å². The van der Waals surface area contributed by atoms with Crippen molar-refractivity contribution in [1.82, 2.24) is 5.32 Å². The van der Waals surface area contributed by atoms with Crippen molar-refractivity contribution in [1.29, 1.82) is 0 Å². The molecule has 1 amide bonds. The van der Waals surface area contributed by atoms with Gasteiger partial charge < -0.3 is 15.2 Å². The number of ether oxygens (including phenoxy) is 1. The van der Waals surface area contributed by atoms with Crippen LogP contribution in [0.3, 0.4) is 0 Å². The summed E-state index contributed by atoms with van der Waals surface area (Å²) in [6, 6.07) is 7.29. The molecule has 1 aromatic carbocycles. The van der Waals surface area contributed by atoms with Crippen LogP contribution in [0.5, 0.6) is 5.75 Å². The summed E-state index contributed by atoms with van der Waals surface area (Å²) in [5.41, 5.74) is 0.320. The average Bonchev–Trinajstić information content (AvgIpc) is 2.35. The first kappa shape index (κ1) is 17.0. The number of hydrogen-bond donors (Lipinski definition) is 2. The van der Waals surface area contributed by atoms with Crippen LogP contribution in [0, 0.1) is 5.41 Å². The standard InChI is InChI=1S/C16H23NO4/c1-11(12-7-5-6-8-13(12)21-4)17-14(18)9-16(2,3)10-15(19)20/h5-8,11H,9-10H2,1-4H3,(H,17,18)(H,19,20)/t11-/m1/s1. The third-order valence-corrected chi connectivity index (χ3v) is 3.25. The molecule has 0 heterocycles. The van der Waals surface area contributed by atoms with Crippen molar-refractivity contribution >= 4 is 11.9 Å². The average molecular weight is 293 g/mol. The molecule has 0 saturated carbocycles. The molecule has 0 saturated heterocycles. The summed E-state index contributed by atoms with van der Waals surface area (Å²) in [4.78, 5) is 22.9. The van der Waals surface area contributed by atoms with Gasteiger partial charge >= 0.3 is 5.97 Å². The lowest BCUT2D eigenvalue weighted by molar-refractivity contribution is -0.139. The van der Waals surface area contributed by atoms with E-state index >= 15 is 0 Å². The first-order valence-corrected chi connectivity index (χ1v) is 6.89. The van der Waals surface area contributed by atoms with Crippen molar-refractivity contribution < 1.29 is 19.4 Å². The second kappa shape index (κ2) is 7.11. The zero-order chi connectivity index (χ0) is 16.0. The lowest BCUT2D eigenvalue weighted by Gasteiger charge is -2.23. The van der Waals surface area contributed by atoms with E-state index < -0.39 is 11.4 Å². The number of hydrogen-bond acceptors (Lipinski definition) is 3. The first-order chi connectivity index (χ1) is 9.75. The molecule has 116 valence electrons. The number of para-hydroxylation sites is 1. The fourth-order valence-electron chi connectivity index (χ4n) is 2.30. The van der Waals surface area contributed by atoms with E-state index in [9.17, 15) is 9.59 Å². The minimum absolute atomic E-state index is 0.0382. The Hall–Kier alpha value is -2.04. The molecule has 0 radical (unpaired) electrons. The second-order valence-electron chi connectivity index (χ2n) is 5.94. The molecule has 1 rings (SSSR count). The van der Waals surface area contributed by atoms with Crippen molar-refractivity contribution in [3.05, 3.63) is 29.8 Å². The Morgan fingerprint density at radius 1 is 1.29 bits per heavy atom. The van der Waals surface area contributed by atoms with Crippen molar-refractivity contribution in [2.75, 3.05) is 7.11 Å². The highest BCUT2D eigenvalue weighted by Gasteiger charge is 2.26. The molecular formula is C16H23NO4. The van der Waals surface area contributed by atoms with E-state index in [4.69, 9.17) is 9.84 Å². The number of carboxylic acids is 1. The number of methoxy groups -OCH3 is 1. The Balaban J connectivity index is 2.68. The summed E-state index contributed by atoms with van der Waals surface area (Å²) in [5, 5.41) is 11.7. The van der Waals surface area contributed by atoms with Crippen LogP contribution < -0.4 is 10.1 Å². The summed E-state index contributed by atoms with van der Waals surface area (Å²) < 4.78 is 5.27. The summed E-state index contributed by atoms with van der Waals surface area (Å²) in [5.74, 6) is -0.347. The van der Waals surface area contributed by atoms with Crippen LogP contribution in [0.4, 0.5) is 0 Å². The van der Waals surface area contributed by atoms with E-state index in [2.05, 4.69) is 5.32 Å². The van der Waals surface area contributed by atoms with Gasteiger partial charge in [0.15, 0.2) is 0 Å². The normalized spacial score (nSPS) is 12.6. The van der Waals surface area contributed by atoms with Crippen molar-refractivity contribution in [2.45, 2.75) is 39.7 Å².